The normalized spacial score (nSPS) is 12.3. The Labute approximate surface area is 136 Å². The Morgan fingerprint density at radius 1 is 1.29 bits per heavy atom. The van der Waals surface area contributed by atoms with Crippen LogP contribution in [-0.2, 0) is 0 Å². The molecule has 3 N–H and O–H groups in total. The molecule has 0 bridgehead atoms. The predicted octanol–water partition coefficient (Wildman–Crippen LogP) is 2.74. The summed E-state index contributed by atoms with van der Waals surface area (Å²) in [4.78, 5) is 12.0. The lowest BCUT2D eigenvalue weighted by atomic mass is 10.1. The van der Waals surface area contributed by atoms with Crippen LogP contribution < -0.4 is 10.6 Å². The molecule has 0 aliphatic rings. The first-order chi connectivity index (χ1) is 11.3. The first-order valence-electron chi connectivity index (χ1n) is 7.19. The lowest BCUT2D eigenvalue weighted by Crippen LogP contribution is -2.35. The van der Waals surface area contributed by atoms with Gasteiger partial charge in [0.1, 0.15) is 5.82 Å². The molecule has 1 heterocycles. The number of hydrogen-bond donors (Lipinski definition) is 3. The van der Waals surface area contributed by atoms with E-state index in [-0.39, 0.29) is 11.6 Å². The van der Waals surface area contributed by atoms with Gasteiger partial charge >= 0.3 is 6.03 Å². The zero-order chi connectivity index (χ0) is 17.9. The van der Waals surface area contributed by atoms with Gasteiger partial charge in [-0.2, -0.15) is 5.10 Å². The van der Waals surface area contributed by atoms with Crippen molar-refractivity contribution in [3.63, 3.8) is 0 Å². The molecule has 1 atom stereocenters. The van der Waals surface area contributed by atoms with Crippen LogP contribution in [0.1, 0.15) is 31.5 Å². The largest absolute Gasteiger partial charge is 0.394 e. The Balaban J connectivity index is 2.12. The van der Waals surface area contributed by atoms with Gasteiger partial charge in [-0.3, -0.25) is 5.32 Å². The van der Waals surface area contributed by atoms with Crippen LogP contribution in [0.2, 0.25) is 0 Å². The average Bonchev–Trinajstić information content (AvgIpc) is 2.98. The summed E-state index contributed by atoms with van der Waals surface area (Å²) in [6.07, 6.45) is 1.50. The number of benzene rings is 1. The van der Waals surface area contributed by atoms with Gasteiger partial charge in [0.2, 0.25) is 0 Å². The molecule has 130 valence electrons. The second kappa shape index (κ2) is 7.35. The van der Waals surface area contributed by atoms with Crippen LogP contribution in [0.15, 0.2) is 24.4 Å². The van der Waals surface area contributed by atoms with E-state index < -0.39 is 36.1 Å². The maximum absolute atomic E-state index is 13.3. The van der Waals surface area contributed by atoms with E-state index in [1.54, 1.807) is 10.7 Å². The lowest BCUT2D eigenvalue weighted by molar-refractivity contribution is 0.224. The number of carbonyl (C=O) groups is 1. The van der Waals surface area contributed by atoms with Crippen molar-refractivity contribution in [3.05, 3.63) is 47.4 Å². The second-order valence-electron chi connectivity index (χ2n) is 5.39. The average molecular weight is 342 g/mol. The van der Waals surface area contributed by atoms with E-state index in [1.165, 1.54) is 6.20 Å². The molecule has 2 rings (SSSR count). The quantitative estimate of drug-likeness (QED) is 0.731. The van der Waals surface area contributed by atoms with E-state index in [9.17, 15) is 23.1 Å². The van der Waals surface area contributed by atoms with Crippen LogP contribution >= 0.6 is 0 Å². The Hall–Kier alpha value is -2.55. The first kappa shape index (κ1) is 17.8. The molecule has 0 saturated heterocycles. The van der Waals surface area contributed by atoms with E-state index >= 15 is 0 Å². The maximum Gasteiger partial charge on any atom is 0.320 e. The van der Waals surface area contributed by atoms with E-state index in [1.807, 2.05) is 13.8 Å². The van der Waals surface area contributed by atoms with Crippen LogP contribution in [0.25, 0.3) is 0 Å². The topological polar surface area (TPSA) is 79.2 Å². The van der Waals surface area contributed by atoms with Gasteiger partial charge in [0, 0.05) is 12.1 Å². The van der Waals surface area contributed by atoms with Crippen LogP contribution in [0.4, 0.5) is 23.8 Å². The summed E-state index contributed by atoms with van der Waals surface area (Å²) in [7, 11) is 0. The molecule has 1 unspecified atom stereocenters. The van der Waals surface area contributed by atoms with Crippen LogP contribution in [-0.4, -0.2) is 27.5 Å². The van der Waals surface area contributed by atoms with E-state index in [4.69, 9.17) is 0 Å². The van der Waals surface area contributed by atoms with Crippen LogP contribution in [0, 0.1) is 17.5 Å². The van der Waals surface area contributed by atoms with Gasteiger partial charge in [-0.25, -0.2) is 22.6 Å². The molecule has 1 aromatic heterocycles. The molecule has 1 aromatic carbocycles. The number of carbonyl (C=O) groups excluding carboxylic acids is 1. The monoisotopic (exact) mass is 342 g/mol. The van der Waals surface area contributed by atoms with Crippen molar-refractivity contribution in [2.24, 2.45) is 0 Å². The molecule has 0 spiro atoms. The summed E-state index contributed by atoms with van der Waals surface area (Å²) in [5.41, 5.74) is -0.0959. The summed E-state index contributed by atoms with van der Waals surface area (Å²) < 4.78 is 41.1. The lowest BCUT2D eigenvalue weighted by Gasteiger charge is -2.18. The number of hydrogen-bond acceptors (Lipinski definition) is 3. The highest BCUT2D eigenvalue weighted by Crippen LogP contribution is 2.20. The number of halogens is 3. The van der Waals surface area contributed by atoms with Crippen LogP contribution in [0.3, 0.4) is 0 Å². The number of aliphatic hydroxyl groups is 1. The molecular weight excluding hydrogens is 325 g/mol. The Morgan fingerprint density at radius 2 is 1.92 bits per heavy atom. The highest BCUT2D eigenvalue weighted by molar-refractivity contribution is 5.88. The highest BCUT2D eigenvalue weighted by Gasteiger charge is 2.19. The van der Waals surface area contributed by atoms with Gasteiger partial charge in [-0.05, 0) is 31.5 Å². The summed E-state index contributed by atoms with van der Waals surface area (Å²) in [5.74, 6) is -4.00. The summed E-state index contributed by atoms with van der Waals surface area (Å²) >= 11 is 0. The third kappa shape index (κ3) is 3.85. The summed E-state index contributed by atoms with van der Waals surface area (Å²) in [5, 5.41) is 18.3. The Bertz CT molecular complexity index is 710. The van der Waals surface area contributed by atoms with Crippen molar-refractivity contribution in [3.8, 4) is 0 Å². The standard InChI is InChI=1S/C15H17F3N4O2/c1-8(2)22-13(3-4-19-22)21-15(24)20-12(7-23)9-5-10(16)14(18)11(17)6-9/h3-6,8,12,23H,7H2,1-2H3,(H2,20,21,24). The Morgan fingerprint density at radius 3 is 2.46 bits per heavy atom. The SMILES string of the molecule is CC(C)n1nccc1NC(=O)NC(CO)c1cc(F)c(F)c(F)c1. The number of amides is 2. The molecule has 24 heavy (non-hydrogen) atoms. The van der Waals surface area contributed by atoms with Crippen molar-refractivity contribution in [1.29, 1.82) is 0 Å². The molecule has 0 radical (unpaired) electrons. The molecule has 9 heteroatoms. The minimum Gasteiger partial charge on any atom is -0.394 e. The number of nitrogens with zero attached hydrogens (tertiary/aromatic N) is 2. The number of rotatable bonds is 5. The zero-order valence-electron chi connectivity index (χ0n) is 13.1. The van der Waals surface area contributed by atoms with Crippen molar-refractivity contribution in [2.45, 2.75) is 25.9 Å². The molecule has 2 amide bonds. The van der Waals surface area contributed by atoms with Gasteiger partial charge in [0.05, 0.1) is 18.8 Å². The number of aliphatic hydroxyl groups excluding tert-OH is 1. The number of nitrogens with one attached hydrogen (secondary N) is 2. The van der Waals surface area contributed by atoms with Crippen LogP contribution in [0.5, 0.6) is 0 Å². The van der Waals surface area contributed by atoms with Crippen molar-refractivity contribution in [1.82, 2.24) is 15.1 Å². The first-order valence-corrected chi connectivity index (χ1v) is 7.19. The van der Waals surface area contributed by atoms with Crippen molar-refractivity contribution >= 4 is 11.8 Å². The van der Waals surface area contributed by atoms with Gasteiger partial charge < -0.3 is 10.4 Å². The van der Waals surface area contributed by atoms with Gasteiger partial charge in [-0.1, -0.05) is 0 Å². The second-order valence-corrected chi connectivity index (χ2v) is 5.39. The maximum atomic E-state index is 13.3. The van der Waals surface area contributed by atoms with Crippen molar-refractivity contribution in [2.75, 3.05) is 11.9 Å². The Kier molecular flexibility index (Phi) is 5.45. The molecule has 0 saturated carbocycles. The van der Waals surface area contributed by atoms with Crippen molar-refractivity contribution < 1.29 is 23.1 Å². The molecule has 0 aliphatic carbocycles. The van der Waals surface area contributed by atoms with Gasteiger partial charge in [0.15, 0.2) is 17.5 Å². The predicted molar refractivity (Wildman–Crippen MR) is 80.9 cm³/mol. The third-order valence-electron chi connectivity index (χ3n) is 3.30. The van der Waals surface area contributed by atoms with E-state index in [0.717, 1.165) is 12.1 Å². The fraction of sp³-hybridized carbons (Fsp3) is 0.333. The number of aromatic nitrogens is 2. The fourth-order valence-electron chi connectivity index (χ4n) is 2.15. The minimum absolute atomic E-state index is 0.00392. The third-order valence-corrected chi connectivity index (χ3v) is 3.30. The highest BCUT2D eigenvalue weighted by atomic mass is 19.2. The molecule has 0 aliphatic heterocycles. The van der Waals surface area contributed by atoms with E-state index in [0.29, 0.717) is 5.82 Å². The number of urea groups is 1. The fourth-order valence-corrected chi connectivity index (χ4v) is 2.15. The molecule has 0 fully saturated rings. The number of anilines is 1. The zero-order valence-corrected chi connectivity index (χ0v) is 13.1. The molecule has 2 aromatic rings. The van der Waals surface area contributed by atoms with Gasteiger partial charge in [0.25, 0.3) is 0 Å². The smallest absolute Gasteiger partial charge is 0.320 e. The minimum atomic E-state index is -1.61. The van der Waals surface area contributed by atoms with E-state index in [2.05, 4.69) is 15.7 Å². The molecular formula is C15H17F3N4O2. The summed E-state index contributed by atoms with van der Waals surface area (Å²) in [6.45, 7) is 3.12. The van der Waals surface area contributed by atoms with Gasteiger partial charge in [-0.15, -0.1) is 0 Å². The summed E-state index contributed by atoms with van der Waals surface area (Å²) in [6, 6.07) is 1.21. The molecule has 6 nitrogen and oxygen atoms in total.